The van der Waals surface area contributed by atoms with E-state index < -0.39 is 0 Å². The van der Waals surface area contributed by atoms with Gasteiger partial charge in [-0.25, -0.2) is 0 Å². The minimum Gasteiger partial charge on any atom is -0.393 e. The van der Waals surface area contributed by atoms with Crippen molar-refractivity contribution < 1.29 is 9.90 Å². The van der Waals surface area contributed by atoms with Crippen LogP contribution >= 0.6 is 0 Å². The lowest BCUT2D eigenvalue weighted by atomic mass is 9.86. The minimum absolute atomic E-state index is 0.204. The number of aliphatic hydroxyl groups excluding tert-OH is 1. The van der Waals surface area contributed by atoms with Crippen LogP contribution in [0.1, 0.15) is 26.7 Å². The summed E-state index contributed by atoms with van der Waals surface area (Å²) in [6.07, 6.45) is 1.41. The van der Waals surface area contributed by atoms with Crippen LogP contribution in [0.3, 0.4) is 0 Å². The number of amides is 1. The summed E-state index contributed by atoms with van der Waals surface area (Å²) in [6.45, 7) is 7.20. The maximum absolute atomic E-state index is 12.4. The van der Waals surface area contributed by atoms with Gasteiger partial charge in [0.05, 0.1) is 11.5 Å². The van der Waals surface area contributed by atoms with E-state index in [1.54, 1.807) is 0 Å². The van der Waals surface area contributed by atoms with Crippen LogP contribution in [-0.4, -0.2) is 48.2 Å². The van der Waals surface area contributed by atoms with Gasteiger partial charge in [-0.2, -0.15) is 0 Å². The van der Waals surface area contributed by atoms with E-state index in [0.717, 1.165) is 25.9 Å². The van der Waals surface area contributed by atoms with E-state index in [0.29, 0.717) is 13.1 Å². The maximum atomic E-state index is 12.4. The Morgan fingerprint density at radius 3 is 2.88 bits per heavy atom. The molecule has 0 spiro atoms. The number of hydrogen-bond donors (Lipinski definition) is 2. The van der Waals surface area contributed by atoms with Gasteiger partial charge in [0.2, 0.25) is 5.91 Å². The molecule has 3 unspecified atom stereocenters. The third kappa shape index (κ3) is 2.09. The van der Waals surface area contributed by atoms with Crippen molar-refractivity contribution in [2.45, 2.75) is 32.8 Å². The first-order valence-corrected chi connectivity index (χ1v) is 6.21. The van der Waals surface area contributed by atoms with Crippen molar-refractivity contribution in [1.82, 2.24) is 10.2 Å². The maximum Gasteiger partial charge on any atom is 0.229 e. The summed E-state index contributed by atoms with van der Waals surface area (Å²) in [5.41, 5.74) is -0.220. The van der Waals surface area contributed by atoms with E-state index in [1.807, 2.05) is 18.7 Å². The van der Waals surface area contributed by atoms with Crippen LogP contribution in [0.2, 0.25) is 0 Å². The second-order valence-electron chi connectivity index (χ2n) is 5.57. The van der Waals surface area contributed by atoms with Crippen molar-refractivity contribution in [3.63, 3.8) is 0 Å². The highest BCUT2D eigenvalue weighted by Crippen LogP contribution is 2.29. The number of nitrogens with zero attached hydrogens (tertiary/aromatic N) is 1. The summed E-state index contributed by atoms with van der Waals surface area (Å²) in [4.78, 5) is 14.3. The summed E-state index contributed by atoms with van der Waals surface area (Å²) in [5, 5.41) is 12.9. The third-order valence-electron chi connectivity index (χ3n) is 4.03. The molecule has 2 saturated heterocycles. The number of carbonyl (C=O) groups excluding carboxylic acids is 1. The van der Waals surface area contributed by atoms with Gasteiger partial charge in [-0.1, -0.05) is 6.92 Å². The highest BCUT2D eigenvalue weighted by atomic mass is 16.3. The zero-order valence-corrected chi connectivity index (χ0v) is 10.2. The monoisotopic (exact) mass is 226 g/mol. The van der Waals surface area contributed by atoms with Gasteiger partial charge in [0.15, 0.2) is 0 Å². The zero-order valence-electron chi connectivity index (χ0n) is 10.2. The third-order valence-corrected chi connectivity index (χ3v) is 4.03. The van der Waals surface area contributed by atoms with Crippen molar-refractivity contribution in [3.05, 3.63) is 0 Å². The largest absolute Gasteiger partial charge is 0.393 e. The van der Waals surface area contributed by atoms with Crippen molar-refractivity contribution >= 4 is 5.91 Å². The van der Waals surface area contributed by atoms with Crippen LogP contribution in [0.15, 0.2) is 0 Å². The Morgan fingerprint density at radius 1 is 1.56 bits per heavy atom. The summed E-state index contributed by atoms with van der Waals surface area (Å²) in [7, 11) is 0. The molecule has 0 aliphatic carbocycles. The van der Waals surface area contributed by atoms with Crippen LogP contribution < -0.4 is 5.32 Å². The molecule has 2 rings (SSSR count). The second kappa shape index (κ2) is 4.34. The standard InChI is InChI=1S/C12H22N2O2/c1-9-7-14(6-3-10(9)15)11(16)12(2)4-5-13-8-12/h9-10,13,15H,3-8H2,1-2H3. The van der Waals surface area contributed by atoms with Gasteiger partial charge < -0.3 is 15.3 Å². The van der Waals surface area contributed by atoms with E-state index >= 15 is 0 Å². The molecule has 0 aromatic carbocycles. The molecule has 92 valence electrons. The quantitative estimate of drug-likeness (QED) is 0.672. The van der Waals surface area contributed by atoms with Gasteiger partial charge in [0.25, 0.3) is 0 Å². The molecule has 2 aliphatic rings. The first kappa shape index (κ1) is 11.9. The van der Waals surface area contributed by atoms with Crippen LogP contribution in [-0.2, 0) is 4.79 Å². The second-order valence-corrected chi connectivity index (χ2v) is 5.57. The normalized spacial score (nSPS) is 40.1. The fraction of sp³-hybridized carbons (Fsp3) is 0.917. The Balaban J connectivity index is 2.00. The number of carbonyl (C=O) groups is 1. The lowest BCUT2D eigenvalue weighted by molar-refractivity contribution is -0.143. The summed E-state index contributed by atoms with van der Waals surface area (Å²) in [5.74, 6) is 0.465. The first-order chi connectivity index (χ1) is 7.53. The van der Waals surface area contributed by atoms with E-state index in [-0.39, 0.29) is 23.3 Å². The lowest BCUT2D eigenvalue weighted by Crippen LogP contribution is -2.50. The Kier molecular flexibility index (Phi) is 3.22. The number of nitrogens with one attached hydrogen (secondary N) is 1. The molecule has 1 amide bonds. The highest BCUT2D eigenvalue weighted by molar-refractivity contribution is 5.83. The molecule has 2 N–H and O–H groups in total. The van der Waals surface area contributed by atoms with Crippen molar-refractivity contribution in [3.8, 4) is 0 Å². The van der Waals surface area contributed by atoms with Crippen LogP contribution in [0.5, 0.6) is 0 Å². The number of aliphatic hydroxyl groups is 1. The predicted molar refractivity (Wildman–Crippen MR) is 62.0 cm³/mol. The van der Waals surface area contributed by atoms with Crippen molar-refractivity contribution in [1.29, 1.82) is 0 Å². The molecule has 0 radical (unpaired) electrons. The number of rotatable bonds is 1. The Hall–Kier alpha value is -0.610. The number of likely N-dealkylation sites (tertiary alicyclic amines) is 1. The van der Waals surface area contributed by atoms with E-state index in [9.17, 15) is 9.90 Å². The van der Waals surface area contributed by atoms with Gasteiger partial charge in [0, 0.05) is 19.6 Å². The summed E-state index contributed by atoms with van der Waals surface area (Å²) >= 11 is 0. The average molecular weight is 226 g/mol. The average Bonchev–Trinajstić information content (AvgIpc) is 2.70. The molecule has 2 fully saturated rings. The fourth-order valence-corrected chi connectivity index (χ4v) is 2.70. The van der Waals surface area contributed by atoms with E-state index in [1.165, 1.54) is 0 Å². The highest BCUT2D eigenvalue weighted by Gasteiger charge is 2.40. The lowest BCUT2D eigenvalue weighted by Gasteiger charge is -2.38. The molecule has 0 bridgehead atoms. The van der Waals surface area contributed by atoms with Crippen molar-refractivity contribution in [2.24, 2.45) is 11.3 Å². The molecule has 4 nitrogen and oxygen atoms in total. The topological polar surface area (TPSA) is 52.6 Å². The fourth-order valence-electron chi connectivity index (χ4n) is 2.70. The first-order valence-electron chi connectivity index (χ1n) is 6.21. The molecule has 0 aromatic rings. The molecule has 2 heterocycles. The van der Waals surface area contributed by atoms with Crippen LogP contribution in [0.25, 0.3) is 0 Å². The van der Waals surface area contributed by atoms with Gasteiger partial charge in [-0.05, 0) is 32.2 Å². The van der Waals surface area contributed by atoms with Gasteiger partial charge in [-0.15, -0.1) is 0 Å². The number of hydrogen-bond acceptors (Lipinski definition) is 3. The number of piperidine rings is 1. The Bertz CT molecular complexity index is 274. The molecule has 0 aromatic heterocycles. The Labute approximate surface area is 97.0 Å². The molecule has 4 heteroatoms. The summed E-state index contributed by atoms with van der Waals surface area (Å²) in [6, 6.07) is 0. The smallest absolute Gasteiger partial charge is 0.229 e. The molecular weight excluding hydrogens is 204 g/mol. The zero-order chi connectivity index (χ0) is 11.8. The molecule has 0 saturated carbocycles. The molecule has 2 aliphatic heterocycles. The molecular formula is C12H22N2O2. The Morgan fingerprint density at radius 2 is 2.31 bits per heavy atom. The SMILES string of the molecule is CC1CN(C(=O)C2(C)CCNC2)CCC1O. The van der Waals surface area contributed by atoms with Gasteiger partial charge in [0.1, 0.15) is 0 Å². The molecule has 16 heavy (non-hydrogen) atoms. The van der Waals surface area contributed by atoms with Gasteiger partial charge >= 0.3 is 0 Å². The van der Waals surface area contributed by atoms with Gasteiger partial charge in [-0.3, -0.25) is 4.79 Å². The van der Waals surface area contributed by atoms with E-state index in [2.05, 4.69) is 5.32 Å². The van der Waals surface area contributed by atoms with Crippen LogP contribution in [0, 0.1) is 11.3 Å². The predicted octanol–water partition coefficient (Wildman–Crippen LogP) is 0.215. The van der Waals surface area contributed by atoms with Crippen LogP contribution in [0.4, 0.5) is 0 Å². The van der Waals surface area contributed by atoms with Crippen molar-refractivity contribution in [2.75, 3.05) is 26.2 Å². The van der Waals surface area contributed by atoms with E-state index in [4.69, 9.17) is 0 Å². The minimum atomic E-state index is -0.237. The molecule has 3 atom stereocenters. The summed E-state index contributed by atoms with van der Waals surface area (Å²) < 4.78 is 0.